The van der Waals surface area contributed by atoms with Crippen LogP contribution in [-0.2, 0) is 4.74 Å². The van der Waals surface area contributed by atoms with E-state index in [2.05, 4.69) is 32.6 Å². The Kier molecular flexibility index (Phi) is 3.53. The van der Waals surface area contributed by atoms with Crippen molar-refractivity contribution < 1.29 is 4.74 Å². The highest BCUT2D eigenvalue weighted by atomic mass is 16.5. The van der Waals surface area contributed by atoms with Gasteiger partial charge >= 0.3 is 0 Å². The third kappa shape index (κ3) is 2.46. The Bertz CT molecular complexity index is 130. The Labute approximate surface area is 75.9 Å². The van der Waals surface area contributed by atoms with Crippen LogP contribution in [0.15, 0.2) is 0 Å². The highest BCUT2D eigenvalue weighted by Gasteiger charge is 2.30. The van der Waals surface area contributed by atoms with E-state index in [0.717, 1.165) is 5.92 Å². The first kappa shape index (κ1) is 10.0. The van der Waals surface area contributed by atoms with Crippen LogP contribution in [0.4, 0.5) is 0 Å². The molecule has 0 N–H and O–H groups in total. The van der Waals surface area contributed by atoms with E-state index < -0.39 is 0 Å². The number of rotatable bonds is 4. The molecule has 0 aromatic rings. The third-order valence-corrected chi connectivity index (χ3v) is 2.58. The van der Waals surface area contributed by atoms with E-state index in [-0.39, 0.29) is 0 Å². The molecule has 0 aromatic carbocycles. The summed E-state index contributed by atoms with van der Waals surface area (Å²) in [6, 6.07) is 0. The van der Waals surface area contributed by atoms with Crippen LogP contribution in [0.25, 0.3) is 0 Å². The molecular weight excluding hydrogens is 150 g/mol. The quantitative estimate of drug-likeness (QED) is 0.639. The van der Waals surface area contributed by atoms with Gasteiger partial charge in [-0.1, -0.05) is 6.92 Å². The van der Waals surface area contributed by atoms with Crippen LogP contribution in [0, 0.1) is 5.92 Å². The molecule has 1 heterocycles. The zero-order valence-electron chi connectivity index (χ0n) is 8.71. The lowest BCUT2D eigenvalue weighted by Gasteiger charge is -2.42. The summed E-state index contributed by atoms with van der Waals surface area (Å²) in [6.45, 7) is 12.3. The largest absolute Gasteiger partial charge is 0.375 e. The summed E-state index contributed by atoms with van der Waals surface area (Å²) in [6.07, 6.45) is 0.809. The van der Waals surface area contributed by atoms with Crippen LogP contribution in [0.1, 0.15) is 27.7 Å². The molecule has 0 saturated carbocycles. The topological polar surface area (TPSA) is 12.5 Å². The van der Waals surface area contributed by atoms with Crippen LogP contribution in [0.5, 0.6) is 0 Å². The molecule has 1 saturated heterocycles. The second kappa shape index (κ2) is 4.24. The average molecular weight is 171 g/mol. The van der Waals surface area contributed by atoms with E-state index in [1.807, 2.05) is 0 Å². The number of nitrogens with zero attached hydrogens (tertiary/aromatic N) is 1. The summed E-state index contributed by atoms with van der Waals surface area (Å²) in [5.41, 5.74) is 0. The molecule has 0 amide bonds. The molecule has 72 valence electrons. The Morgan fingerprint density at radius 3 is 2.33 bits per heavy atom. The van der Waals surface area contributed by atoms with Gasteiger partial charge in [0.05, 0.1) is 12.2 Å². The van der Waals surface area contributed by atoms with Gasteiger partial charge in [0.25, 0.3) is 0 Å². The second-order valence-corrected chi connectivity index (χ2v) is 4.00. The molecule has 12 heavy (non-hydrogen) atoms. The van der Waals surface area contributed by atoms with Gasteiger partial charge in [-0.3, -0.25) is 0 Å². The minimum atomic E-state index is 0.371. The minimum Gasteiger partial charge on any atom is -0.375 e. The van der Waals surface area contributed by atoms with Gasteiger partial charge in [0.15, 0.2) is 0 Å². The Hall–Kier alpha value is -0.0800. The standard InChI is InChI=1S/C10H21NO/c1-5-11-6-10(7-11)9(4)12-8(2)3/h8-10H,5-7H2,1-4H3/t9-/m0/s1. The zero-order chi connectivity index (χ0) is 9.14. The van der Waals surface area contributed by atoms with E-state index in [9.17, 15) is 0 Å². The molecule has 1 fully saturated rings. The molecule has 1 aliphatic heterocycles. The molecule has 1 rings (SSSR count). The fourth-order valence-electron chi connectivity index (χ4n) is 1.71. The predicted molar refractivity (Wildman–Crippen MR) is 51.3 cm³/mol. The van der Waals surface area contributed by atoms with Gasteiger partial charge in [-0.15, -0.1) is 0 Å². The van der Waals surface area contributed by atoms with E-state index in [0.29, 0.717) is 12.2 Å². The van der Waals surface area contributed by atoms with Crippen LogP contribution < -0.4 is 0 Å². The van der Waals surface area contributed by atoms with Crippen molar-refractivity contribution in [3.05, 3.63) is 0 Å². The molecule has 0 radical (unpaired) electrons. The first-order valence-electron chi connectivity index (χ1n) is 5.01. The maximum absolute atomic E-state index is 5.72. The highest BCUT2D eigenvalue weighted by Crippen LogP contribution is 2.21. The molecule has 1 aliphatic rings. The average Bonchev–Trinajstić information content (AvgIpc) is 1.82. The molecule has 2 heteroatoms. The molecular formula is C10H21NO. The summed E-state index contributed by atoms with van der Waals surface area (Å²) >= 11 is 0. The lowest BCUT2D eigenvalue weighted by Crippen LogP contribution is -2.51. The first-order chi connectivity index (χ1) is 5.63. The van der Waals surface area contributed by atoms with E-state index in [1.54, 1.807) is 0 Å². The molecule has 1 atom stereocenters. The molecule has 0 aliphatic carbocycles. The third-order valence-electron chi connectivity index (χ3n) is 2.58. The molecule has 0 bridgehead atoms. The lowest BCUT2D eigenvalue weighted by atomic mass is 9.95. The zero-order valence-corrected chi connectivity index (χ0v) is 8.71. The van der Waals surface area contributed by atoms with Crippen LogP contribution in [0.2, 0.25) is 0 Å². The molecule has 0 spiro atoms. The smallest absolute Gasteiger partial charge is 0.0603 e. The van der Waals surface area contributed by atoms with Crippen molar-refractivity contribution in [1.82, 2.24) is 4.90 Å². The number of likely N-dealkylation sites (tertiary alicyclic amines) is 1. The van der Waals surface area contributed by atoms with Gasteiger partial charge in [0.2, 0.25) is 0 Å². The van der Waals surface area contributed by atoms with Crippen LogP contribution in [-0.4, -0.2) is 36.7 Å². The Morgan fingerprint density at radius 1 is 1.33 bits per heavy atom. The Morgan fingerprint density at radius 2 is 1.92 bits per heavy atom. The summed E-state index contributed by atoms with van der Waals surface area (Å²) in [7, 11) is 0. The van der Waals surface area contributed by atoms with E-state index in [1.165, 1.54) is 19.6 Å². The SMILES string of the molecule is CCN1CC([C@H](C)OC(C)C)C1. The molecule has 2 nitrogen and oxygen atoms in total. The maximum Gasteiger partial charge on any atom is 0.0603 e. The van der Waals surface area contributed by atoms with Crippen molar-refractivity contribution in [2.24, 2.45) is 5.92 Å². The van der Waals surface area contributed by atoms with Crippen LogP contribution in [0.3, 0.4) is 0 Å². The van der Waals surface area contributed by atoms with Crippen molar-refractivity contribution in [3.63, 3.8) is 0 Å². The Balaban J connectivity index is 2.14. The number of ether oxygens (including phenoxy) is 1. The summed E-state index contributed by atoms with van der Waals surface area (Å²) < 4.78 is 5.72. The number of hydrogen-bond acceptors (Lipinski definition) is 2. The molecule has 0 aromatic heterocycles. The second-order valence-electron chi connectivity index (χ2n) is 4.00. The monoisotopic (exact) mass is 171 g/mol. The van der Waals surface area contributed by atoms with Gasteiger partial charge in [0, 0.05) is 19.0 Å². The van der Waals surface area contributed by atoms with Gasteiger partial charge < -0.3 is 9.64 Å². The van der Waals surface area contributed by atoms with Crippen molar-refractivity contribution in [2.45, 2.75) is 39.9 Å². The first-order valence-corrected chi connectivity index (χ1v) is 5.01. The minimum absolute atomic E-state index is 0.371. The fourth-order valence-corrected chi connectivity index (χ4v) is 1.71. The van der Waals surface area contributed by atoms with Gasteiger partial charge in [-0.25, -0.2) is 0 Å². The molecule has 0 unspecified atom stereocenters. The highest BCUT2D eigenvalue weighted by molar-refractivity contribution is 4.83. The summed E-state index contributed by atoms with van der Waals surface area (Å²) in [5.74, 6) is 0.771. The van der Waals surface area contributed by atoms with E-state index >= 15 is 0 Å². The lowest BCUT2D eigenvalue weighted by molar-refractivity contribution is -0.0631. The van der Waals surface area contributed by atoms with Gasteiger partial charge in [0.1, 0.15) is 0 Å². The normalized spacial score (nSPS) is 22.8. The maximum atomic E-state index is 5.72. The van der Waals surface area contributed by atoms with Crippen molar-refractivity contribution in [3.8, 4) is 0 Å². The van der Waals surface area contributed by atoms with Crippen molar-refractivity contribution in [2.75, 3.05) is 19.6 Å². The van der Waals surface area contributed by atoms with Gasteiger partial charge in [-0.2, -0.15) is 0 Å². The summed E-state index contributed by atoms with van der Waals surface area (Å²) in [5, 5.41) is 0. The van der Waals surface area contributed by atoms with Gasteiger partial charge in [-0.05, 0) is 27.3 Å². The van der Waals surface area contributed by atoms with Crippen molar-refractivity contribution >= 4 is 0 Å². The van der Waals surface area contributed by atoms with Crippen molar-refractivity contribution in [1.29, 1.82) is 0 Å². The number of hydrogen-bond donors (Lipinski definition) is 0. The predicted octanol–water partition coefficient (Wildman–Crippen LogP) is 1.75. The van der Waals surface area contributed by atoms with Crippen LogP contribution >= 0.6 is 0 Å². The van der Waals surface area contributed by atoms with E-state index in [4.69, 9.17) is 4.74 Å². The summed E-state index contributed by atoms with van der Waals surface area (Å²) in [4.78, 5) is 2.45. The fraction of sp³-hybridized carbons (Fsp3) is 1.00.